The number of nitrogens with zero attached hydrogens (tertiary/aromatic N) is 4. The molecule has 130 valence electrons. The quantitative estimate of drug-likeness (QED) is 0.726. The van der Waals surface area contributed by atoms with Crippen LogP contribution in [0.25, 0.3) is 0 Å². The second-order valence-electron chi connectivity index (χ2n) is 5.57. The fourth-order valence-electron chi connectivity index (χ4n) is 2.33. The molecule has 0 aliphatic heterocycles. The molecule has 0 amide bonds. The summed E-state index contributed by atoms with van der Waals surface area (Å²) in [4.78, 5) is 28.3. The van der Waals surface area contributed by atoms with Gasteiger partial charge in [-0.2, -0.15) is 4.98 Å². The van der Waals surface area contributed by atoms with E-state index in [1.807, 2.05) is 24.3 Å². The van der Waals surface area contributed by atoms with Gasteiger partial charge in [-0.15, -0.1) is 0 Å². The van der Waals surface area contributed by atoms with Gasteiger partial charge in [0.05, 0.1) is 0 Å². The van der Waals surface area contributed by atoms with Gasteiger partial charge in [-0.05, 0) is 24.1 Å². The lowest BCUT2D eigenvalue weighted by Gasteiger charge is -2.06. The first-order chi connectivity index (χ1) is 11.9. The van der Waals surface area contributed by atoms with E-state index >= 15 is 0 Å². The van der Waals surface area contributed by atoms with Crippen LogP contribution in [0.3, 0.4) is 0 Å². The van der Waals surface area contributed by atoms with Gasteiger partial charge in [0.25, 0.3) is 5.56 Å². The molecule has 0 aliphatic rings. The van der Waals surface area contributed by atoms with Gasteiger partial charge in [0, 0.05) is 24.6 Å². The predicted octanol–water partition coefficient (Wildman–Crippen LogP) is 0.999. The number of aromatic nitrogens is 4. The van der Waals surface area contributed by atoms with Crippen LogP contribution < -0.4 is 17.0 Å². The molecule has 0 atom stereocenters. The van der Waals surface area contributed by atoms with E-state index in [0.29, 0.717) is 17.3 Å². The molecule has 0 saturated heterocycles. The largest absolute Gasteiger partial charge is 0.385 e. The van der Waals surface area contributed by atoms with Crippen molar-refractivity contribution in [1.82, 2.24) is 19.3 Å². The Hall–Kier alpha value is -2.87. The van der Waals surface area contributed by atoms with Crippen LogP contribution in [0.2, 0.25) is 5.02 Å². The molecule has 3 rings (SSSR count). The Morgan fingerprint density at radius 2 is 1.92 bits per heavy atom. The van der Waals surface area contributed by atoms with Crippen molar-refractivity contribution < 1.29 is 4.52 Å². The third-order valence-corrected chi connectivity index (χ3v) is 4.05. The zero-order valence-corrected chi connectivity index (χ0v) is 14.2. The fraction of sp³-hybridized carbons (Fsp3) is 0.250. The molecule has 0 bridgehead atoms. The van der Waals surface area contributed by atoms with Crippen molar-refractivity contribution in [2.45, 2.75) is 19.4 Å². The molecular weight excluding hydrogens is 346 g/mol. The van der Waals surface area contributed by atoms with Crippen LogP contribution >= 0.6 is 11.6 Å². The van der Waals surface area contributed by atoms with Gasteiger partial charge in [0.2, 0.25) is 5.89 Å². The van der Waals surface area contributed by atoms with Crippen LogP contribution in [0.4, 0.5) is 5.82 Å². The average molecular weight is 362 g/mol. The molecule has 1 aromatic carbocycles. The van der Waals surface area contributed by atoms with Crippen molar-refractivity contribution >= 4 is 17.4 Å². The second-order valence-corrected chi connectivity index (χ2v) is 6.00. The normalized spacial score (nSPS) is 11.0. The number of hydrogen-bond acceptors (Lipinski definition) is 6. The SMILES string of the molecule is Cn1c(N)cc(=O)n(Cc2nc(CCc3ccc(Cl)cc3)no2)c1=O. The summed E-state index contributed by atoms with van der Waals surface area (Å²) in [5.74, 6) is 0.792. The van der Waals surface area contributed by atoms with Gasteiger partial charge in [-0.1, -0.05) is 28.9 Å². The Morgan fingerprint density at radius 1 is 1.20 bits per heavy atom. The molecule has 3 aromatic rings. The summed E-state index contributed by atoms with van der Waals surface area (Å²) in [6.07, 6.45) is 1.29. The molecular formula is C16H16ClN5O3. The van der Waals surface area contributed by atoms with Crippen molar-refractivity contribution in [2.24, 2.45) is 7.05 Å². The molecule has 2 heterocycles. The Kier molecular flexibility index (Phi) is 4.71. The molecule has 25 heavy (non-hydrogen) atoms. The maximum Gasteiger partial charge on any atom is 0.332 e. The standard InChI is InChI=1S/C16H16ClN5O3/c1-21-12(18)8-15(23)22(16(21)24)9-14-19-13(20-25-14)7-4-10-2-5-11(17)6-3-10/h2-3,5-6,8H,4,7,9,18H2,1H3. The van der Waals surface area contributed by atoms with E-state index in [0.717, 1.165) is 16.6 Å². The fourth-order valence-corrected chi connectivity index (χ4v) is 2.46. The molecule has 0 unspecified atom stereocenters. The first kappa shape index (κ1) is 17.0. The van der Waals surface area contributed by atoms with E-state index in [4.69, 9.17) is 21.9 Å². The van der Waals surface area contributed by atoms with Crippen LogP contribution in [-0.2, 0) is 26.4 Å². The van der Waals surface area contributed by atoms with Crippen LogP contribution in [0.5, 0.6) is 0 Å². The molecule has 0 aliphatic carbocycles. The average Bonchev–Trinajstić information content (AvgIpc) is 3.04. The zero-order valence-electron chi connectivity index (χ0n) is 13.5. The summed E-state index contributed by atoms with van der Waals surface area (Å²) < 4.78 is 7.31. The number of halogens is 1. The van der Waals surface area contributed by atoms with Crippen molar-refractivity contribution in [3.8, 4) is 0 Å². The van der Waals surface area contributed by atoms with Crippen LogP contribution in [0, 0.1) is 0 Å². The molecule has 2 N–H and O–H groups in total. The lowest BCUT2D eigenvalue weighted by Crippen LogP contribution is -2.39. The van der Waals surface area contributed by atoms with Crippen molar-refractivity contribution in [1.29, 1.82) is 0 Å². The minimum Gasteiger partial charge on any atom is -0.385 e. The summed E-state index contributed by atoms with van der Waals surface area (Å²) in [6, 6.07) is 8.69. The summed E-state index contributed by atoms with van der Waals surface area (Å²) in [7, 11) is 1.49. The lowest BCUT2D eigenvalue weighted by atomic mass is 10.1. The van der Waals surface area contributed by atoms with Crippen LogP contribution in [-0.4, -0.2) is 19.3 Å². The van der Waals surface area contributed by atoms with Crippen LogP contribution in [0.1, 0.15) is 17.3 Å². The van der Waals surface area contributed by atoms with Gasteiger partial charge in [-0.25, -0.2) is 4.79 Å². The summed E-state index contributed by atoms with van der Waals surface area (Å²) >= 11 is 5.85. The van der Waals surface area contributed by atoms with E-state index in [-0.39, 0.29) is 18.3 Å². The highest BCUT2D eigenvalue weighted by Crippen LogP contribution is 2.11. The Labute approximate surface area is 147 Å². The third kappa shape index (κ3) is 3.80. The topological polar surface area (TPSA) is 109 Å². The zero-order chi connectivity index (χ0) is 18.0. The maximum atomic E-state index is 12.1. The molecule has 2 aromatic heterocycles. The van der Waals surface area contributed by atoms with E-state index < -0.39 is 11.2 Å². The molecule has 0 saturated carbocycles. The Morgan fingerprint density at radius 3 is 2.64 bits per heavy atom. The third-order valence-electron chi connectivity index (χ3n) is 3.80. The monoisotopic (exact) mass is 361 g/mol. The highest BCUT2D eigenvalue weighted by molar-refractivity contribution is 6.30. The number of hydrogen-bond donors (Lipinski definition) is 1. The van der Waals surface area contributed by atoms with Gasteiger partial charge >= 0.3 is 5.69 Å². The van der Waals surface area contributed by atoms with Crippen LogP contribution in [0.15, 0.2) is 44.4 Å². The molecule has 0 fully saturated rings. The molecule has 0 radical (unpaired) electrons. The van der Waals surface area contributed by atoms with Gasteiger partial charge in [0.15, 0.2) is 5.82 Å². The van der Waals surface area contributed by atoms with Crippen molar-refractivity contribution in [3.63, 3.8) is 0 Å². The number of nitrogen functional groups attached to an aromatic ring is 1. The second kappa shape index (κ2) is 6.94. The maximum absolute atomic E-state index is 12.1. The van der Waals surface area contributed by atoms with Crippen molar-refractivity contribution in [3.05, 3.63) is 73.5 Å². The van der Waals surface area contributed by atoms with Gasteiger partial charge < -0.3 is 10.3 Å². The molecule has 9 heteroatoms. The molecule has 8 nitrogen and oxygen atoms in total. The van der Waals surface area contributed by atoms with E-state index in [2.05, 4.69) is 10.1 Å². The smallest absolute Gasteiger partial charge is 0.332 e. The lowest BCUT2D eigenvalue weighted by molar-refractivity contribution is 0.361. The van der Waals surface area contributed by atoms with E-state index in [1.165, 1.54) is 17.7 Å². The Balaban J connectivity index is 1.72. The molecule has 0 spiro atoms. The highest BCUT2D eigenvalue weighted by Gasteiger charge is 2.12. The number of aryl methyl sites for hydroxylation is 2. The Bertz CT molecular complexity index is 1000. The van der Waals surface area contributed by atoms with E-state index in [9.17, 15) is 9.59 Å². The number of anilines is 1. The van der Waals surface area contributed by atoms with Gasteiger partial charge in [0.1, 0.15) is 12.4 Å². The minimum absolute atomic E-state index is 0.0975. The summed E-state index contributed by atoms with van der Waals surface area (Å²) in [6.45, 7) is -0.0975. The van der Waals surface area contributed by atoms with Gasteiger partial charge in [-0.3, -0.25) is 13.9 Å². The van der Waals surface area contributed by atoms with E-state index in [1.54, 1.807) is 0 Å². The van der Waals surface area contributed by atoms with Crippen molar-refractivity contribution in [2.75, 3.05) is 5.73 Å². The first-order valence-corrected chi connectivity index (χ1v) is 7.94. The minimum atomic E-state index is -0.536. The summed E-state index contributed by atoms with van der Waals surface area (Å²) in [5, 5.41) is 4.56. The highest BCUT2D eigenvalue weighted by atomic mass is 35.5. The first-order valence-electron chi connectivity index (χ1n) is 7.56. The summed E-state index contributed by atoms with van der Waals surface area (Å²) in [5.41, 5.74) is 5.63. The number of benzene rings is 1. The number of rotatable bonds is 5. The number of nitrogens with two attached hydrogens (primary N) is 1. The predicted molar refractivity (Wildman–Crippen MR) is 92.6 cm³/mol.